The van der Waals surface area contributed by atoms with Crippen LogP contribution in [0.25, 0.3) is 0 Å². The van der Waals surface area contributed by atoms with Crippen molar-refractivity contribution in [2.75, 3.05) is 18.8 Å². The van der Waals surface area contributed by atoms with Crippen LogP contribution in [0, 0.1) is 5.92 Å². The molecule has 0 amide bonds. The lowest BCUT2D eigenvalue weighted by molar-refractivity contribution is 0.0899. The van der Waals surface area contributed by atoms with Gasteiger partial charge in [0.2, 0.25) is 0 Å². The largest absolute Gasteiger partial charge is 0.316 e. The average molecular weight is 249 g/mol. The summed E-state index contributed by atoms with van der Waals surface area (Å²) in [6.07, 6.45) is 2.14. The van der Waals surface area contributed by atoms with Crippen LogP contribution < -0.4 is 5.32 Å². The Balaban J connectivity index is 2.03. The van der Waals surface area contributed by atoms with E-state index in [-0.39, 0.29) is 5.92 Å². The first-order valence-corrected chi connectivity index (χ1v) is 7.27. The highest BCUT2D eigenvalue weighted by Crippen LogP contribution is 2.21. The van der Waals surface area contributed by atoms with Gasteiger partial charge in [-0.15, -0.1) is 11.8 Å². The molecule has 0 spiro atoms. The van der Waals surface area contributed by atoms with E-state index >= 15 is 0 Å². The van der Waals surface area contributed by atoms with E-state index in [1.54, 1.807) is 0 Å². The van der Waals surface area contributed by atoms with Crippen LogP contribution in [0.3, 0.4) is 0 Å². The van der Waals surface area contributed by atoms with Gasteiger partial charge in [-0.1, -0.05) is 19.1 Å². The first-order valence-electron chi connectivity index (χ1n) is 6.29. The van der Waals surface area contributed by atoms with Gasteiger partial charge in [-0.3, -0.25) is 4.79 Å². The van der Waals surface area contributed by atoms with Crippen molar-refractivity contribution in [2.24, 2.45) is 5.92 Å². The van der Waals surface area contributed by atoms with Gasteiger partial charge in [0.15, 0.2) is 5.78 Å². The molecule has 1 atom stereocenters. The number of carbonyl (C=O) groups is 1. The lowest BCUT2D eigenvalue weighted by Gasteiger charge is -2.21. The van der Waals surface area contributed by atoms with Crippen molar-refractivity contribution in [1.82, 2.24) is 5.32 Å². The summed E-state index contributed by atoms with van der Waals surface area (Å²) in [7, 11) is 0. The van der Waals surface area contributed by atoms with Crippen LogP contribution in [0.2, 0.25) is 0 Å². The number of hydrogen-bond donors (Lipinski definition) is 1. The third kappa shape index (κ3) is 3.33. The third-order valence-electron chi connectivity index (χ3n) is 3.12. The predicted molar refractivity (Wildman–Crippen MR) is 72.8 cm³/mol. The third-order valence-corrected chi connectivity index (χ3v) is 4.01. The SMILES string of the molecule is CCSc1ccc(C(=O)C2CCCNC2)cc1. The molecular weight excluding hydrogens is 230 g/mol. The standard InChI is InChI=1S/C14H19NOS/c1-2-17-13-7-5-11(6-8-13)14(16)12-4-3-9-15-10-12/h5-8,12,15H,2-4,9-10H2,1H3. The number of ketones is 1. The van der Waals surface area contributed by atoms with Crippen molar-refractivity contribution < 1.29 is 4.79 Å². The number of hydrogen-bond acceptors (Lipinski definition) is 3. The van der Waals surface area contributed by atoms with Gasteiger partial charge in [0.1, 0.15) is 0 Å². The molecule has 0 bridgehead atoms. The van der Waals surface area contributed by atoms with Crippen molar-refractivity contribution in [3.05, 3.63) is 29.8 Å². The number of benzene rings is 1. The fourth-order valence-corrected chi connectivity index (χ4v) is 2.86. The van der Waals surface area contributed by atoms with Crippen LogP contribution in [0.15, 0.2) is 29.2 Å². The quantitative estimate of drug-likeness (QED) is 0.657. The minimum atomic E-state index is 0.174. The molecule has 1 aromatic rings. The molecule has 1 aliphatic heterocycles. The van der Waals surface area contributed by atoms with Gasteiger partial charge in [-0.25, -0.2) is 0 Å². The second kappa shape index (κ2) is 6.22. The highest BCUT2D eigenvalue weighted by molar-refractivity contribution is 7.99. The second-order valence-corrected chi connectivity index (χ2v) is 5.70. The molecule has 17 heavy (non-hydrogen) atoms. The van der Waals surface area contributed by atoms with E-state index in [4.69, 9.17) is 0 Å². The molecule has 0 aromatic heterocycles. The van der Waals surface area contributed by atoms with Gasteiger partial charge < -0.3 is 5.32 Å². The van der Waals surface area contributed by atoms with Crippen molar-refractivity contribution in [1.29, 1.82) is 0 Å². The normalized spacial score (nSPS) is 20.2. The Hall–Kier alpha value is -0.800. The minimum absolute atomic E-state index is 0.174. The Bertz CT molecular complexity index is 368. The molecule has 1 saturated heterocycles. The maximum atomic E-state index is 12.2. The number of rotatable bonds is 4. The Morgan fingerprint density at radius 1 is 1.41 bits per heavy atom. The molecule has 1 unspecified atom stereocenters. The van der Waals surface area contributed by atoms with E-state index < -0.39 is 0 Å². The van der Waals surface area contributed by atoms with Crippen LogP contribution in [0.4, 0.5) is 0 Å². The first-order chi connectivity index (χ1) is 8.31. The first kappa shape index (κ1) is 12.7. The summed E-state index contributed by atoms with van der Waals surface area (Å²) in [5.41, 5.74) is 0.860. The van der Waals surface area contributed by atoms with Crippen molar-refractivity contribution in [3.8, 4) is 0 Å². The minimum Gasteiger partial charge on any atom is -0.316 e. The van der Waals surface area contributed by atoms with Gasteiger partial charge >= 0.3 is 0 Å². The zero-order valence-electron chi connectivity index (χ0n) is 10.2. The van der Waals surface area contributed by atoms with Crippen LogP contribution in [-0.4, -0.2) is 24.6 Å². The van der Waals surface area contributed by atoms with Crippen LogP contribution in [-0.2, 0) is 0 Å². The maximum Gasteiger partial charge on any atom is 0.167 e. The summed E-state index contributed by atoms with van der Waals surface area (Å²) in [6, 6.07) is 8.04. The van der Waals surface area contributed by atoms with Gasteiger partial charge in [-0.2, -0.15) is 0 Å². The molecule has 3 heteroatoms. The Kier molecular flexibility index (Phi) is 4.63. The van der Waals surface area contributed by atoms with Crippen LogP contribution >= 0.6 is 11.8 Å². The lowest BCUT2D eigenvalue weighted by Crippen LogP contribution is -2.34. The summed E-state index contributed by atoms with van der Waals surface area (Å²) in [6.45, 7) is 4.03. The molecule has 0 aliphatic carbocycles. The molecule has 0 saturated carbocycles. The number of nitrogens with one attached hydrogen (secondary N) is 1. The fraction of sp³-hybridized carbons (Fsp3) is 0.500. The van der Waals surface area contributed by atoms with E-state index in [9.17, 15) is 4.79 Å². The highest BCUT2D eigenvalue weighted by Gasteiger charge is 2.21. The number of piperidine rings is 1. The Morgan fingerprint density at radius 2 is 2.18 bits per heavy atom. The van der Waals surface area contributed by atoms with Crippen molar-refractivity contribution in [3.63, 3.8) is 0 Å². The summed E-state index contributed by atoms with van der Waals surface area (Å²) in [4.78, 5) is 13.5. The maximum absolute atomic E-state index is 12.2. The molecule has 2 rings (SSSR count). The van der Waals surface area contributed by atoms with Gasteiger partial charge in [0.25, 0.3) is 0 Å². The molecule has 92 valence electrons. The smallest absolute Gasteiger partial charge is 0.167 e. The molecular formula is C14H19NOS. The fourth-order valence-electron chi connectivity index (χ4n) is 2.19. The van der Waals surface area contributed by atoms with Gasteiger partial charge in [-0.05, 0) is 37.3 Å². The summed E-state index contributed by atoms with van der Waals surface area (Å²) in [5, 5.41) is 3.29. The number of carbonyl (C=O) groups excluding carboxylic acids is 1. The summed E-state index contributed by atoms with van der Waals surface area (Å²) < 4.78 is 0. The predicted octanol–water partition coefficient (Wildman–Crippen LogP) is 2.98. The Labute approximate surface area is 107 Å². The summed E-state index contributed by atoms with van der Waals surface area (Å²) >= 11 is 1.81. The van der Waals surface area contributed by atoms with E-state index in [0.717, 1.165) is 37.2 Å². The van der Waals surface area contributed by atoms with Crippen molar-refractivity contribution in [2.45, 2.75) is 24.7 Å². The number of Topliss-reactive ketones (excluding diaryl/α,β-unsaturated/α-hetero) is 1. The molecule has 1 heterocycles. The van der Waals surface area contributed by atoms with Crippen LogP contribution in [0.1, 0.15) is 30.1 Å². The van der Waals surface area contributed by atoms with E-state index in [1.165, 1.54) is 4.90 Å². The van der Waals surface area contributed by atoms with Gasteiger partial charge in [0, 0.05) is 22.9 Å². The second-order valence-electron chi connectivity index (χ2n) is 4.36. The topological polar surface area (TPSA) is 29.1 Å². The molecule has 0 radical (unpaired) electrons. The van der Waals surface area contributed by atoms with Gasteiger partial charge in [0.05, 0.1) is 0 Å². The zero-order chi connectivity index (χ0) is 12.1. The number of thioether (sulfide) groups is 1. The van der Waals surface area contributed by atoms with E-state index in [2.05, 4.69) is 24.4 Å². The molecule has 1 aliphatic rings. The zero-order valence-corrected chi connectivity index (χ0v) is 11.1. The average Bonchev–Trinajstić information content (AvgIpc) is 2.40. The lowest BCUT2D eigenvalue weighted by atomic mass is 9.91. The molecule has 1 fully saturated rings. The molecule has 2 nitrogen and oxygen atoms in total. The molecule has 1 aromatic carbocycles. The monoisotopic (exact) mass is 249 g/mol. The van der Waals surface area contributed by atoms with E-state index in [0.29, 0.717) is 5.78 Å². The summed E-state index contributed by atoms with van der Waals surface area (Å²) in [5.74, 6) is 1.54. The van der Waals surface area contributed by atoms with Crippen LogP contribution in [0.5, 0.6) is 0 Å². The highest BCUT2D eigenvalue weighted by atomic mass is 32.2. The molecule has 1 N–H and O–H groups in total. The Morgan fingerprint density at radius 3 is 2.76 bits per heavy atom. The van der Waals surface area contributed by atoms with Crippen molar-refractivity contribution >= 4 is 17.5 Å². The van der Waals surface area contributed by atoms with E-state index in [1.807, 2.05) is 23.9 Å².